The lowest BCUT2D eigenvalue weighted by atomic mass is 9.84. The molecule has 1 N–H and O–H groups in total. The third kappa shape index (κ3) is 4.91. The third-order valence-corrected chi connectivity index (χ3v) is 7.57. The molecule has 2 aromatic rings. The first kappa shape index (κ1) is 23.4. The Balaban J connectivity index is 1.60. The van der Waals surface area contributed by atoms with Crippen molar-refractivity contribution in [3.8, 4) is 0 Å². The number of likely N-dealkylation sites (tertiary alicyclic amines) is 1. The Morgan fingerprint density at radius 3 is 2.44 bits per heavy atom. The van der Waals surface area contributed by atoms with Crippen molar-refractivity contribution in [1.82, 2.24) is 15.1 Å². The van der Waals surface area contributed by atoms with E-state index in [0.29, 0.717) is 40.1 Å². The van der Waals surface area contributed by atoms with E-state index in [1.807, 2.05) is 24.1 Å². The van der Waals surface area contributed by atoms with Gasteiger partial charge < -0.3 is 15.1 Å². The molecule has 0 aromatic heterocycles. The molecule has 2 fully saturated rings. The van der Waals surface area contributed by atoms with Crippen LogP contribution in [0.15, 0.2) is 42.5 Å². The van der Waals surface area contributed by atoms with Crippen LogP contribution in [0.2, 0.25) is 15.1 Å². The first-order valence-electron chi connectivity index (χ1n) is 10.8. The number of amides is 2. The Hall–Kier alpha value is -1.79. The van der Waals surface area contributed by atoms with Crippen molar-refractivity contribution in [2.24, 2.45) is 5.92 Å². The summed E-state index contributed by atoms with van der Waals surface area (Å²) in [6, 6.07) is 12.4. The van der Waals surface area contributed by atoms with Crippen LogP contribution >= 0.6 is 34.8 Å². The van der Waals surface area contributed by atoms with Gasteiger partial charge in [-0.2, -0.15) is 0 Å². The molecule has 2 aliphatic rings. The van der Waals surface area contributed by atoms with Crippen LogP contribution in [0.3, 0.4) is 0 Å². The van der Waals surface area contributed by atoms with Gasteiger partial charge in [-0.3, -0.25) is 9.59 Å². The Morgan fingerprint density at radius 1 is 1.03 bits per heavy atom. The van der Waals surface area contributed by atoms with E-state index in [-0.39, 0.29) is 29.7 Å². The maximum atomic E-state index is 13.2. The lowest BCUT2D eigenvalue weighted by molar-refractivity contribution is -0.136. The largest absolute Gasteiger partial charge is 0.342 e. The third-order valence-electron chi connectivity index (χ3n) is 6.58. The van der Waals surface area contributed by atoms with Gasteiger partial charge in [0.1, 0.15) is 0 Å². The Kier molecular flexibility index (Phi) is 7.30. The summed E-state index contributed by atoms with van der Waals surface area (Å²) in [5.41, 5.74) is 1.56. The van der Waals surface area contributed by atoms with Crippen molar-refractivity contribution in [2.75, 3.05) is 33.2 Å². The molecule has 2 heterocycles. The highest BCUT2D eigenvalue weighted by molar-refractivity contribution is 6.42. The zero-order chi connectivity index (χ0) is 22.8. The van der Waals surface area contributed by atoms with Gasteiger partial charge in [-0.25, -0.2) is 0 Å². The zero-order valence-electron chi connectivity index (χ0n) is 17.9. The van der Waals surface area contributed by atoms with Crippen LogP contribution in [0.1, 0.15) is 34.7 Å². The fraction of sp³-hybridized carbons (Fsp3) is 0.417. The van der Waals surface area contributed by atoms with Crippen LogP contribution in [0.5, 0.6) is 0 Å². The van der Waals surface area contributed by atoms with Crippen molar-refractivity contribution >= 4 is 46.6 Å². The number of rotatable bonds is 4. The average molecular weight is 495 g/mol. The molecule has 2 aliphatic heterocycles. The molecule has 2 aromatic carbocycles. The van der Waals surface area contributed by atoms with Gasteiger partial charge >= 0.3 is 0 Å². The highest BCUT2D eigenvalue weighted by Gasteiger charge is 2.38. The minimum atomic E-state index is -0.0822. The summed E-state index contributed by atoms with van der Waals surface area (Å²) >= 11 is 18.5. The van der Waals surface area contributed by atoms with Crippen molar-refractivity contribution in [3.05, 3.63) is 68.7 Å². The first-order chi connectivity index (χ1) is 15.3. The second-order valence-electron chi connectivity index (χ2n) is 8.53. The van der Waals surface area contributed by atoms with Crippen LogP contribution in [0.25, 0.3) is 0 Å². The lowest BCUT2D eigenvalue weighted by Gasteiger charge is -2.43. The molecule has 32 heavy (non-hydrogen) atoms. The number of nitrogens with zero attached hydrogens (tertiary/aromatic N) is 2. The first-order valence-corrected chi connectivity index (χ1v) is 12.0. The molecule has 8 heteroatoms. The van der Waals surface area contributed by atoms with E-state index in [9.17, 15) is 9.59 Å². The van der Waals surface area contributed by atoms with Gasteiger partial charge in [0.15, 0.2) is 0 Å². The lowest BCUT2D eigenvalue weighted by Crippen LogP contribution is -2.53. The Morgan fingerprint density at radius 2 is 1.78 bits per heavy atom. The number of carbonyl (C=O) groups excluding carboxylic acids is 2. The van der Waals surface area contributed by atoms with E-state index >= 15 is 0 Å². The van der Waals surface area contributed by atoms with Crippen LogP contribution < -0.4 is 5.32 Å². The van der Waals surface area contributed by atoms with Crippen molar-refractivity contribution in [2.45, 2.75) is 24.8 Å². The molecule has 4 rings (SSSR count). The highest BCUT2D eigenvalue weighted by atomic mass is 35.5. The van der Waals surface area contributed by atoms with Gasteiger partial charge in [0, 0.05) is 49.2 Å². The summed E-state index contributed by atoms with van der Waals surface area (Å²) in [6.45, 7) is 2.76. The zero-order valence-corrected chi connectivity index (χ0v) is 20.1. The summed E-state index contributed by atoms with van der Waals surface area (Å²) in [7, 11) is 1.82. The normalized spacial score (nSPS) is 23.2. The molecule has 0 unspecified atom stereocenters. The second kappa shape index (κ2) is 10.0. The summed E-state index contributed by atoms with van der Waals surface area (Å²) in [4.78, 5) is 30.1. The Labute approximate surface area is 203 Å². The van der Waals surface area contributed by atoms with Crippen LogP contribution in [0.4, 0.5) is 0 Å². The van der Waals surface area contributed by atoms with Gasteiger partial charge in [0.2, 0.25) is 5.91 Å². The van der Waals surface area contributed by atoms with E-state index in [1.165, 1.54) is 0 Å². The van der Waals surface area contributed by atoms with E-state index in [0.717, 1.165) is 25.1 Å². The van der Waals surface area contributed by atoms with E-state index in [1.54, 1.807) is 35.2 Å². The molecule has 0 spiro atoms. The monoisotopic (exact) mass is 493 g/mol. The number of piperidine rings is 1. The number of nitrogens with one attached hydrogen (secondary N) is 1. The molecular weight excluding hydrogens is 469 g/mol. The van der Waals surface area contributed by atoms with E-state index in [4.69, 9.17) is 34.8 Å². The van der Waals surface area contributed by atoms with E-state index in [2.05, 4.69) is 5.32 Å². The number of benzene rings is 2. The molecule has 5 nitrogen and oxygen atoms in total. The van der Waals surface area contributed by atoms with Crippen LogP contribution in [0, 0.1) is 5.92 Å². The number of halogens is 3. The quantitative estimate of drug-likeness (QED) is 0.669. The van der Waals surface area contributed by atoms with Crippen molar-refractivity contribution < 1.29 is 9.59 Å². The number of likely N-dealkylation sites (N-methyl/N-ethyl adjacent to an activating group) is 1. The molecular formula is C24H26Cl3N3O2. The number of hydrogen-bond donors (Lipinski definition) is 1. The van der Waals surface area contributed by atoms with Gasteiger partial charge in [-0.15, -0.1) is 0 Å². The topological polar surface area (TPSA) is 52.7 Å². The molecule has 0 radical (unpaired) electrons. The molecule has 2 amide bonds. The number of hydrogen-bond acceptors (Lipinski definition) is 3. The molecule has 0 bridgehead atoms. The molecule has 0 aliphatic carbocycles. The second-order valence-corrected chi connectivity index (χ2v) is 9.78. The summed E-state index contributed by atoms with van der Waals surface area (Å²) in [5, 5.41) is 4.82. The minimum absolute atomic E-state index is 0.0226. The van der Waals surface area contributed by atoms with Gasteiger partial charge in [0.05, 0.1) is 16.0 Å². The van der Waals surface area contributed by atoms with Gasteiger partial charge in [-0.1, -0.05) is 40.9 Å². The fourth-order valence-corrected chi connectivity index (χ4v) is 5.18. The van der Waals surface area contributed by atoms with Crippen molar-refractivity contribution in [1.29, 1.82) is 0 Å². The molecule has 2 saturated heterocycles. The van der Waals surface area contributed by atoms with Crippen molar-refractivity contribution in [3.63, 3.8) is 0 Å². The molecule has 0 saturated carbocycles. The molecule has 3 atom stereocenters. The summed E-state index contributed by atoms with van der Waals surface area (Å²) in [6.07, 6.45) is 1.55. The summed E-state index contributed by atoms with van der Waals surface area (Å²) in [5.74, 6) is 0.0641. The van der Waals surface area contributed by atoms with Crippen LogP contribution in [-0.4, -0.2) is 60.9 Å². The number of carbonyl (C=O) groups is 2. The highest BCUT2D eigenvalue weighted by Crippen LogP contribution is 2.35. The Bertz CT molecular complexity index is 992. The smallest absolute Gasteiger partial charge is 0.253 e. The predicted octanol–water partition coefficient (Wildman–Crippen LogP) is 4.71. The minimum Gasteiger partial charge on any atom is -0.342 e. The van der Waals surface area contributed by atoms with Gasteiger partial charge in [-0.05, 0) is 61.3 Å². The average Bonchev–Trinajstić information content (AvgIpc) is 3.34. The SMILES string of the molecule is CN(C(=O)c1ccc(Cl)cc1)[C@@H]1CCN(C(=O)[C@@H]2CCNC2)C[C@H]1c1ccc(Cl)c(Cl)c1. The maximum absolute atomic E-state index is 13.2. The molecule has 170 valence electrons. The summed E-state index contributed by atoms with van der Waals surface area (Å²) < 4.78 is 0. The van der Waals surface area contributed by atoms with E-state index < -0.39 is 0 Å². The maximum Gasteiger partial charge on any atom is 0.253 e. The predicted molar refractivity (Wildman–Crippen MR) is 129 cm³/mol. The fourth-order valence-electron chi connectivity index (χ4n) is 4.74. The standard InChI is InChI=1S/C24H26Cl3N3O2/c1-29(23(31)15-2-5-18(25)6-3-15)22-9-11-30(24(32)17-8-10-28-13-17)14-19(22)16-4-7-20(26)21(27)12-16/h2-7,12,17,19,22,28H,8-11,13-14H2,1H3/t17-,19+,22-/m1/s1. The van der Waals surface area contributed by atoms with Crippen LogP contribution in [-0.2, 0) is 4.79 Å². The van der Waals surface area contributed by atoms with Gasteiger partial charge in [0.25, 0.3) is 5.91 Å².